The van der Waals surface area contributed by atoms with Crippen molar-refractivity contribution in [3.8, 4) is 0 Å². The number of aromatic carboxylic acids is 1. The van der Waals surface area contributed by atoms with Gasteiger partial charge in [-0.15, -0.1) is 0 Å². The van der Waals surface area contributed by atoms with E-state index in [4.69, 9.17) is 5.11 Å². The zero-order chi connectivity index (χ0) is 15.4. The highest BCUT2D eigenvalue weighted by molar-refractivity contribution is 5.87. The Morgan fingerprint density at radius 1 is 1.05 bits per heavy atom. The maximum atomic E-state index is 10.8. The van der Waals surface area contributed by atoms with E-state index in [1.165, 1.54) is 18.4 Å². The molecule has 1 aliphatic carbocycles. The summed E-state index contributed by atoms with van der Waals surface area (Å²) in [6.45, 7) is 1.83. The van der Waals surface area contributed by atoms with Gasteiger partial charge in [0.15, 0.2) is 0 Å². The maximum Gasteiger partial charge on any atom is 0.335 e. The minimum Gasteiger partial charge on any atom is -0.478 e. The first-order valence-corrected chi connectivity index (χ1v) is 7.80. The molecule has 0 bridgehead atoms. The fourth-order valence-corrected chi connectivity index (χ4v) is 3.09. The fraction of sp³-hybridized carbons (Fsp3) is 0.316. The molecule has 0 spiro atoms. The molecule has 2 N–H and O–H groups in total. The minimum absolute atomic E-state index is 0.341. The van der Waals surface area contributed by atoms with Crippen molar-refractivity contribution >= 4 is 5.97 Å². The Morgan fingerprint density at radius 3 is 2.36 bits per heavy atom. The zero-order valence-electron chi connectivity index (χ0n) is 12.5. The number of hydrogen-bond acceptors (Lipinski definition) is 2. The van der Waals surface area contributed by atoms with Crippen LogP contribution in [0.2, 0.25) is 0 Å². The molecule has 3 heteroatoms. The highest BCUT2D eigenvalue weighted by Gasteiger charge is 2.29. The van der Waals surface area contributed by atoms with Crippen LogP contribution in [0.3, 0.4) is 0 Å². The molecular weight excluding hydrogens is 274 g/mol. The largest absolute Gasteiger partial charge is 0.478 e. The monoisotopic (exact) mass is 295 g/mol. The molecule has 0 aromatic heterocycles. The summed E-state index contributed by atoms with van der Waals surface area (Å²) in [6.07, 6.45) is 2.52. The van der Waals surface area contributed by atoms with Gasteiger partial charge >= 0.3 is 5.97 Å². The Hall–Kier alpha value is -2.13. The highest BCUT2D eigenvalue weighted by atomic mass is 16.4. The average molecular weight is 295 g/mol. The first-order valence-electron chi connectivity index (χ1n) is 7.80. The molecule has 0 heterocycles. The van der Waals surface area contributed by atoms with Gasteiger partial charge in [0.1, 0.15) is 0 Å². The van der Waals surface area contributed by atoms with Crippen LogP contribution >= 0.6 is 0 Å². The number of carbonyl (C=O) groups is 1. The van der Waals surface area contributed by atoms with Gasteiger partial charge in [-0.1, -0.05) is 42.5 Å². The van der Waals surface area contributed by atoms with Gasteiger partial charge in [0.05, 0.1) is 5.56 Å². The Labute approximate surface area is 131 Å². The molecule has 1 saturated carbocycles. The summed E-state index contributed by atoms with van der Waals surface area (Å²) < 4.78 is 0. The van der Waals surface area contributed by atoms with Crippen molar-refractivity contribution in [2.24, 2.45) is 5.92 Å². The molecule has 2 aromatic rings. The topological polar surface area (TPSA) is 49.3 Å². The van der Waals surface area contributed by atoms with Crippen LogP contribution in [0.1, 0.15) is 40.2 Å². The number of hydrogen-bond donors (Lipinski definition) is 2. The lowest BCUT2D eigenvalue weighted by atomic mass is 9.71. The van der Waals surface area contributed by atoms with Crippen molar-refractivity contribution in [2.75, 3.05) is 6.54 Å². The van der Waals surface area contributed by atoms with Crippen LogP contribution in [0.25, 0.3) is 0 Å². The molecular formula is C19H21NO2. The van der Waals surface area contributed by atoms with E-state index in [1.54, 1.807) is 12.1 Å². The summed E-state index contributed by atoms with van der Waals surface area (Å²) in [6, 6.07) is 17.8. The fourth-order valence-electron chi connectivity index (χ4n) is 3.09. The molecule has 0 saturated heterocycles. The third kappa shape index (κ3) is 3.55. The highest BCUT2D eigenvalue weighted by Crippen LogP contribution is 2.40. The quantitative estimate of drug-likeness (QED) is 0.855. The molecule has 1 fully saturated rings. The van der Waals surface area contributed by atoms with E-state index < -0.39 is 5.97 Å². The first kappa shape index (κ1) is 14.8. The third-order valence-corrected chi connectivity index (χ3v) is 4.47. The molecule has 2 aromatic carbocycles. The molecule has 0 atom stereocenters. The van der Waals surface area contributed by atoms with Crippen molar-refractivity contribution in [1.82, 2.24) is 5.32 Å². The van der Waals surface area contributed by atoms with Gasteiger partial charge in [-0.2, -0.15) is 0 Å². The van der Waals surface area contributed by atoms with Gasteiger partial charge in [-0.25, -0.2) is 4.79 Å². The lowest BCUT2D eigenvalue weighted by Gasteiger charge is -2.36. The SMILES string of the molecule is O=C(O)c1ccc(CNCC2CC(c3ccccc3)C2)cc1. The van der Waals surface area contributed by atoms with Crippen molar-refractivity contribution in [2.45, 2.75) is 25.3 Å². The van der Waals surface area contributed by atoms with Crippen molar-refractivity contribution in [3.05, 3.63) is 71.3 Å². The predicted octanol–water partition coefficient (Wildman–Crippen LogP) is 3.67. The number of rotatable bonds is 6. The first-order chi connectivity index (χ1) is 10.7. The third-order valence-electron chi connectivity index (χ3n) is 4.47. The smallest absolute Gasteiger partial charge is 0.335 e. The lowest BCUT2D eigenvalue weighted by Crippen LogP contribution is -2.31. The molecule has 0 unspecified atom stereocenters. The van der Waals surface area contributed by atoms with E-state index in [-0.39, 0.29) is 0 Å². The Morgan fingerprint density at radius 2 is 1.73 bits per heavy atom. The van der Waals surface area contributed by atoms with Crippen LogP contribution < -0.4 is 5.32 Å². The van der Waals surface area contributed by atoms with E-state index in [1.807, 2.05) is 12.1 Å². The van der Waals surface area contributed by atoms with Crippen molar-refractivity contribution in [1.29, 1.82) is 0 Å². The Balaban J connectivity index is 1.39. The molecule has 1 aliphatic rings. The molecule has 114 valence electrons. The van der Waals surface area contributed by atoms with Crippen molar-refractivity contribution < 1.29 is 9.90 Å². The van der Waals surface area contributed by atoms with Gasteiger partial charge < -0.3 is 10.4 Å². The van der Waals surface area contributed by atoms with Gasteiger partial charge in [-0.3, -0.25) is 0 Å². The number of carboxylic acid groups (broad SMARTS) is 1. The van der Waals surface area contributed by atoms with E-state index in [9.17, 15) is 4.79 Å². The van der Waals surface area contributed by atoms with Gasteiger partial charge in [0.25, 0.3) is 0 Å². The van der Waals surface area contributed by atoms with Crippen LogP contribution in [-0.4, -0.2) is 17.6 Å². The molecule has 3 nitrogen and oxygen atoms in total. The summed E-state index contributed by atoms with van der Waals surface area (Å²) in [4.78, 5) is 10.8. The van der Waals surface area contributed by atoms with Crippen LogP contribution in [0, 0.1) is 5.92 Å². The predicted molar refractivity (Wildman–Crippen MR) is 87.0 cm³/mol. The Bertz CT molecular complexity index is 616. The zero-order valence-corrected chi connectivity index (χ0v) is 12.5. The molecule has 0 amide bonds. The summed E-state index contributed by atoms with van der Waals surface area (Å²) in [7, 11) is 0. The van der Waals surface area contributed by atoms with Crippen LogP contribution in [0.15, 0.2) is 54.6 Å². The number of carboxylic acids is 1. The van der Waals surface area contributed by atoms with Crippen LogP contribution in [0.5, 0.6) is 0 Å². The molecule has 3 rings (SSSR count). The van der Waals surface area contributed by atoms with Crippen LogP contribution in [0.4, 0.5) is 0 Å². The van der Waals surface area contributed by atoms with Gasteiger partial charge in [0, 0.05) is 6.54 Å². The Kier molecular flexibility index (Phi) is 4.54. The van der Waals surface area contributed by atoms with E-state index >= 15 is 0 Å². The maximum absolute atomic E-state index is 10.8. The standard InChI is InChI=1S/C19H21NO2/c21-19(22)17-8-6-14(7-9-17)12-20-13-15-10-18(11-15)16-4-2-1-3-5-16/h1-9,15,18,20H,10-13H2,(H,21,22). The number of nitrogens with one attached hydrogen (secondary N) is 1. The van der Waals surface area contributed by atoms with E-state index in [0.717, 1.165) is 30.5 Å². The molecule has 0 radical (unpaired) electrons. The second-order valence-corrected chi connectivity index (χ2v) is 6.08. The van der Waals surface area contributed by atoms with Gasteiger partial charge in [0.2, 0.25) is 0 Å². The number of benzene rings is 2. The second kappa shape index (κ2) is 6.75. The average Bonchev–Trinajstić information content (AvgIpc) is 2.51. The summed E-state index contributed by atoms with van der Waals surface area (Å²) >= 11 is 0. The van der Waals surface area contributed by atoms with Crippen molar-refractivity contribution in [3.63, 3.8) is 0 Å². The lowest BCUT2D eigenvalue weighted by molar-refractivity contribution is 0.0697. The summed E-state index contributed by atoms with van der Waals surface area (Å²) in [5.41, 5.74) is 2.93. The summed E-state index contributed by atoms with van der Waals surface area (Å²) in [5.74, 6) is 0.604. The molecule has 22 heavy (non-hydrogen) atoms. The van der Waals surface area contributed by atoms with Crippen LogP contribution in [-0.2, 0) is 6.54 Å². The second-order valence-electron chi connectivity index (χ2n) is 6.08. The minimum atomic E-state index is -0.874. The van der Waals surface area contributed by atoms with Gasteiger partial charge in [-0.05, 0) is 54.5 Å². The van der Waals surface area contributed by atoms with E-state index in [0.29, 0.717) is 5.56 Å². The van der Waals surface area contributed by atoms with E-state index in [2.05, 4.69) is 35.6 Å². The normalized spacial score (nSPS) is 20.4. The molecule has 0 aliphatic heterocycles. The summed E-state index contributed by atoms with van der Waals surface area (Å²) in [5, 5.41) is 12.3.